The minimum absolute atomic E-state index is 0.497. The van der Waals surface area contributed by atoms with Gasteiger partial charge in [-0.25, -0.2) is 4.98 Å². The number of likely N-dealkylation sites (tertiary alicyclic amines) is 1. The van der Waals surface area contributed by atoms with E-state index in [9.17, 15) is 0 Å². The molecule has 6 heteroatoms. The van der Waals surface area contributed by atoms with Gasteiger partial charge in [-0.1, -0.05) is 31.2 Å². The summed E-state index contributed by atoms with van der Waals surface area (Å²) in [6.45, 7) is 6.25. The molecule has 0 aliphatic carbocycles. The minimum atomic E-state index is 0.497. The number of imidazole rings is 1. The van der Waals surface area contributed by atoms with Crippen LogP contribution in [0.5, 0.6) is 0 Å². The summed E-state index contributed by atoms with van der Waals surface area (Å²) in [4.78, 5) is 6.68. The Balaban J connectivity index is 1.37. The average Bonchev–Trinajstić information content (AvgIpc) is 3.34. The van der Waals surface area contributed by atoms with Gasteiger partial charge in [0.05, 0.1) is 12.9 Å². The number of piperidine rings is 1. The lowest BCUT2D eigenvalue weighted by Gasteiger charge is -2.32. The molecule has 3 aromatic rings. The van der Waals surface area contributed by atoms with E-state index in [0.717, 1.165) is 57.1 Å². The molecule has 3 heterocycles. The summed E-state index contributed by atoms with van der Waals surface area (Å²) in [5.41, 5.74) is 2.94. The van der Waals surface area contributed by atoms with Crippen LogP contribution in [0.1, 0.15) is 48.5 Å². The third kappa shape index (κ3) is 3.95. The first-order valence-electron chi connectivity index (χ1n) is 9.87. The van der Waals surface area contributed by atoms with E-state index in [1.54, 1.807) is 6.20 Å². The summed E-state index contributed by atoms with van der Waals surface area (Å²) in [6, 6.07) is 8.83. The summed E-state index contributed by atoms with van der Waals surface area (Å²) in [7, 11) is 2.09. The van der Waals surface area contributed by atoms with Gasteiger partial charge in [0.1, 0.15) is 5.82 Å². The second-order valence-electron chi connectivity index (χ2n) is 7.44. The minimum Gasteiger partial charge on any atom is -0.330 e. The third-order valence-corrected chi connectivity index (χ3v) is 5.73. The summed E-state index contributed by atoms with van der Waals surface area (Å²) >= 11 is 0. The third-order valence-electron chi connectivity index (χ3n) is 5.73. The lowest BCUT2D eigenvalue weighted by Crippen LogP contribution is -2.33. The van der Waals surface area contributed by atoms with Crippen molar-refractivity contribution in [2.24, 2.45) is 7.05 Å². The lowest BCUT2D eigenvalue weighted by atomic mass is 9.95. The van der Waals surface area contributed by atoms with Gasteiger partial charge in [-0.3, -0.25) is 4.90 Å². The van der Waals surface area contributed by atoms with Crippen LogP contribution in [0, 0.1) is 0 Å². The van der Waals surface area contributed by atoms with Gasteiger partial charge >= 0.3 is 0 Å². The van der Waals surface area contributed by atoms with Crippen molar-refractivity contribution < 1.29 is 0 Å². The highest BCUT2D eigenvalue weighted by molar-refractivity contribution is 5.27. The maximum Gasteiger partial charge on any atom is 0.152 e. The Labute approximate surface area is 160 Å². The van der Waals surface area contributed by atoms with E-state index in [2.05, 4.69) is 62.9 Å². The molecule has 0 N–H and O–H groups in total. The molecule has 1 aliphatic heterocycles. The number of benzene rings is 1. The van der Waals surface area contributed by atoms with Crippen molar-refractivity contribution >= 4 is 0 Å². The van der Waals surface area contributed by atoms with Gasteiger partial charge in [-0.2, -0.15) is 0 Å². The molecule has 1 fully saturated rings. The van der Waals surface area contributed by atoms with Crippen molar-refractivity contribution in [2.75, 3.05) is 13.1 Å². The zero-order valence-electron chi connectivity index (χ0n) is 16.3. The number of rotatable bonds is 6. The second kappa shape index (κ2) is 8.05. The van der Waals surface area contributed by atoms with E-state index in [-0.39, 0.29) is 0 Å². The normalized spacial score (nSPS) is 16.1. The van der Waals surface area contributed by atoms with Gasteiger partial charge in [-0.15, -0.1) is 10.2 Å². The zero-order valence-corrected chi connectivity index (χ0v) is 16.3. The Kier molecular flexibility index (Phi) is 5.34. The molecule has 0 spiro atoms. The van der Waals surface area contributed by atoms with E-state index in [4.69, 9.17) is 0 Å². The SMILES string of the molecule is CCc1ccccc1CN1CCC(c2nnc(Cn3ccnc3)n2C)CC1. The molecule has 1 aliphatic rings. The number of aryl methyl sites for hydroxylation is 1. The van der Waals surface area contributed by atoms with Gasteiger partial charge in [-0.05, 0) is 43.5 Å². The molecule has 0 amide bonds. The highest BCUT2D eigenvalue weighted by Gasteiger charge is 2.25. The summed E-state index contributed by atoms with van der Waals surface area (Å²) < 4.78 is 4.20. The van der Waals surface area contributed by atoms with Crippen LogP contribution in [-0.4, -0.2) is 42.3 Å². The highest BCUT2D eigenvalue weighted by atomic mass is 15.3. The van der Waals surface area contributed by atoms with Crippen molar-refractivity contribution in [3.8, 4) is 0 Å². The molecule has 2 aromatic heterocycles. The number of nitrogens with zero attached hydrogens (tertiary/aromatic N) is 6. The summed E-state index contributed by atoms with van der Waals surface area (Å²) in [5, 5.41) is 8.94. The Hall–Kier alpha value is -2.47. The van der Waals surface area contributed by atoms with Crippen LogP contribution in [0.4, 0.5) is 0 Å². The van der Waals surface area contributed by atoms with E-state index >= 15 is 0 Å². The molecular formula is C21H28N6. The van der Waals surface area contributed by atoms with Gasteiger partial charge in [0.25, 0.3) is 0 Å². The van der Waals surface area contributed by atoms with Gasteiger partial charge in [0.2, 0.25) is 0 Å². The molecule has 142 valence electrons. The Morgan fingerprint density at radius 3 is 2.52 bits per heavy atom. The second-order valence-corrected chi connectivity index (χ2v) is 7.44. The van der Waals surface area contributed by atoms with E-state index < -0.39 is 0 Å². The Morgan fingerprint density at radius 1 is 1.04 bits per heavy atom. The van der Waals surface area contributed by atoms with Crippen molar-refractivity contribution in [3.63, 3.8) is 0 Å². The number of aromatic nitrogens is 5. The van der Waals surface area contributed by atoms with E-state index in [0.29, 0.717) is 5.92 Å². The lowest BCUT2D eigenvalue weighted by molar-refractivity contribution is 0.200. The van der Waals surface area contributed by atoms with Crippen LogP contribution in [0.25, 0.3) is 0 Å². The summed E-state index contributed by atoms with van der Waals surface area (Å²) in [5.74, 6) is 2.61. The smallest absolute Gasteiger partial charge is 0.152 e. The van der Waals surface area contributed by atoms with Crippen molar-refractivity contribution in [2.45, 2.75) is 45.2 Å². The molecule has 0 radical (unpaired) electrons. The Bertz CT molecular complexity index is 859. The molecule has 1 aromatic carbocycles. The Morgan fingerprint density at radius 2 is 1.81 bits per heavy atom. The van der Waals surface area contributed by atoms with Crippen LogP contribution >= 0.6 is 0 Å². The fourth-order valence-electron chi connectivity index (χ4n) is 4.06. The predicted octanol–water partition coefficient (Wildman–Crippen LogP) is 3.00. The summed E-state index contributed by atoms with van der Waals surface area (Å²) in [6.07, 6.45) is 8.97. The molecule has 0 atom stereocenters. The van der Waals surface area contributed by atoms with Crippen LogP contribution in [-0.2, 0) is 26.6 Å². The first-order chi connectivity index (χ1) is 13.2. The molecular weight excluding hydrogens is 336 g/mol. The first-order valence-corrected chi connectivity index (χ1v) is 9.87. The van der Waals surface area contributed by atoms with E-state index in [1.807, 2.05) is 17.1 Å². The molecule has 4 rings (SSSR count). The van der Waals surface area contributed by atoms with Crippen molar-refractivity contribution in [1.82, 2.24) is 29.2 Å². The van der Waals surface area contributed by atoms with Gasteiger partial charge in [0.15, 0.2) is 5.82 Å². The standard InChI is InChI=1S/C21H28N6/c1-3-17-6-4-5-7-19(17)14-26-11-8-18(9-12-26)21-24-23-20(25(21)2)15-27-13-10-22-16-27/h4-7,10,13,16,18H,3,8-9,11-12,14-15H2,1-2H3. The fourth-order valence-corrected chi connectivity index (χ4v) is 4.06. The molecule has 0 unspecified atom stereocenters. The fraction of sp³-hybridized carbons (Fsp3) is 0.476. The molecule has 0 bridgehead atoms. The van der Waals surface area contributed by atoms with Crippen LogP contribution in [0.2, 0.25) is 0 Å². The largest absolute Gasteiger partial charge is 0.330 e. The number of hydrogen-bond acceptors (Lipinski definition) is 4. The maximum absolute atomic E-state index is 4.52. The van der Waals surface area contributed by atoms with E-state index in [1.165, 1.54) is 11.1 Å². The average molecular weight is 364 g/mol. The van der Waals surface area contributed by atoms with Gasteiger partial charge in [0, 0.05) is 31.9 Å². The predicted molar refractivity (Wildman–Crippen MR) is 105 cm³/mol. The monoisotopic (exact) mass is 364 g/mol. The maximum atomic E-state index is 4.52. The zero-order chi connectivity index (χ0) is 18.6. The van der Waals surface area contributed by atoms with Crippen molar-refractivity contribution in [3.05, 3.63) is 65.8 Å². The van der Waals surface area contributed by atoms with Gasteiger partial charge < -0.3 is 9.13 Å². The molecule has 6 nitrogen and oxygen atoms in total. The molecule has 0 saturated carbocycles. The first kappa shape index (κ1) is 17.9. The quantitative estimate of drug-likeness (QED) is 0.675. The van der Waals surface area contributed by atoms with Crippen molar-refractivity contribution in [1.29, 1.82) is 0 Å². The topological polar surface area (TPSA) is 51.8 Å². The van der Waals surface area contributed by atoms with Crippen LogP contribution < -0.4 is 0 Å². The molecule has 27 heavy (non-hydrogen) atoms. The highest BCUT2D eigenvalue weighted by Crippen LogP contribution is 2.28. The van der Waals surface area contributed by atoms with Crippen LogP contribution in [0.15, 0.2) is 43.0 Å². The molecule has 1 saturated heterocycles. The van der Waals surface area contributed by atoms with Crippen LogP contribution in [0.3, 0.4) is 0 Å². The number of hydrogen-bond donors (Lipinski definition) is 0.